The molecule has 2 aliphatic rings. The van der Waals surface area contributed by atoms with Gasteiger partial charge in [-0.3, -0.25) is 9.69 Å². The normalized spacial score (nSPS) is 23.7. The molecule has 2 heterocycles. The number of rotatable bonds is 6. The molecule has 7 nitrogen and oxygen atoms in total. The number of methoxy groups -OCH3 is 1. The minimum atomic E-state index is -3.45. The van der Waals surface area contributed by atoms with E-state index in [1.54, 1.807) is 12.0 Å². The van der Waals surface area contributed by atoms with Crippen molar-refractivity contribution in [2.24, 2.45) is 0 Å². The number of nitrogens with one attached hydrogen (secondary N) is 1. The van der Waals surface area contributed by atoms with Crippen LogP contribution >= 0.6 is 24.8 Å². The first kappa shape index (κ1) is 25.9. The van der Waals surface area contributed by atoms with Crippen molar-refractivity contribution in [2.75, 3.05) is 59.2 Å². The summed E-state index contributed by atoms with van der Waals surface area (Å²) in [5.74, 6) is -0.198. The second kappa shape index (κ2) is 11.0. The quantitative estimate of drug-likeness (QED) is 0.659. The van der Waals surface area contributed by atoms with E-state index in [4.69, 9.17) is 4.74 Å². The molecule has 0 aliphatic carbocycles. The van der Waals surface area contributed by atoms with Gasteiger partial charge in [-0.1, -0.05) is 6.92 Å². The van der Waals surface area contributed by atoms with Crippen molar-refractivity contribution >= 4 is 40.6 Å². The number of sulfone groups is 1. The Balaban J connectivity index is 0.00000312. The third-order valence-electron chi connectivity index (χ3n) is 5.46. The SMILES string of the molecule is CCC1CN(C(=O)C2(S(C)(=O)=O)CCNCC2)CCN1CCOC.Cl.Cl. The van der Waals surface area contributed by atoms with Crippen LogP contribution in [0.2, 0.25) is 0 Å². The zero-order valence-corrected chi connectivity index (χ0v) is 18.4. The van der Waals surface area contributed by atoms with Crippen molar-refractivity contribution in [1.82, 2.24) is 15.1 Å². The molecule has 0 aromatic carbocycles. The summed E-state index contributed by atoms with van der Waals surface area (Å²) in [6, 6.07) is 0.260. The second-order valence-electron chi connectivity index (χ2n) is 6.86. The van der Waals surface area contributed by atoms with Crippen LogP contribution in [0.5, 0.6) is 0 Å². The van der Waals surface area contributed by atoms with Gasteiger partial charge in [-0.25, -0.2) is 8.42 Å². The molecule has 2 rings (SSSR count). The number of ether oxygens (including phenoxy) is 1. The van der Waals surface area contributed by atoms with Gasteiger partial charge in [0.1, 0.15) is 0 Å². The summed E-state index contributed by atoms with van der Waals surface area (Å²) in [6.45, 7) is 6.73. The molecule has 1 amide bonds. The molecule has 0 aromatic rings. The van der Waals surface area contributed by atoms with Gasteiger partial charge in [-0.05, 0) is 32.4 Å². The van der Waals surface area contributed by atoms with Crippen LogP contribution in [0.1, 0.15) is 26.2 Å². The van der Waals surface area contributed by atoms with Gasteiger partial charge in [0.2, 0.25) is 5.91 Å². The molecule has 2 saturated heterocycles. The van der Waals surface area contributed by atoms with E-state index < -0.39 is 14.6 Å². The topological polar surface area (TPSA) is 79.0 Å². The molecule has 0 bridgehead atoms. The van der Waals surface area contributed by atoms with E-state index in [1.165, 1.54) is 6.26 Å². The van der Waals surface area contributed by atoms with Gasteiger partial charge in [0.15, 0.2) is 14.6 Å². The highest BCUT2D eigenvalue weighted by Crippen LogP contribution is 2.31. The van der Waals surface area contributed by atoms with E-state index in [9.17, 15) is 13.2 Å². The molecule has 2 fully saturated rings. The molecule has 0 saturated carbocycles. The third kappa shape index (κ3) is 5.45. The maximum atomic E-state index is 13.2. The first-order valence-electron chi connectivity index (χ1n) is 8.78. The Hall–Kier alpha value is -0.120. The largest absolute Gasteiger partial charge is 0.383 e. The Kier molecular flexibility index (Phi) is 11.0. The third-order valence-corrected chi connectivity index (χ3v) is 7.46. The molecule has 2 aliphatic heterocycles. The Morgan fingerprint density at radius 2 is 1.85 bits per heavy atom. The Morgan fingerprint density at radius 3 is 2.35 bits per heavy atom. The maximum Gasteiger partial charge on any atom is 0.244 e. The highest BCUT2D eigenvalue weighted by Gasteiger charge is 2.51. The zero-order valence-electron chi connectivity index (χ0n) is 15.9. The van der Waals surface area contributed by atoms with Crippen molar-refractivity contribution in [3.05, 3.63) is 0 Å². The van der Waals surface area contributed by atoms with Crippen LogP contribution in [0.4, 0.5) is 0 Å². The molecule has 1 unspecified atom stereocenters. The lowest BCUT2D eigenvalue weighted by Crippen LogP contribution is -2.63. The van der Waals surface area contributed by atoms with Crippen LogP contribution in [0.15, 0.2) is 0 Å². The zero-order chi connectivity index (χ0) is 17.8. The Bertz CT molecular complexity index is 542. The molecule has 1 atom stereocenters. The van der Waals surface area contributed by atoms with Gasteiger partial charge < -0.3 is 15.0 Å². The first-order valence-corrected chi connectivity index (χ1v) is 10.7. The van der Waals surface area contributed by atoms with Crippen LogP contribution in [0.25, 0.3) is 0 Å². The average Bonchev–Trinajstić information content (AvgIpc) is 2.58. The lowest BCUT2D eigenvalue weighted by molar-refractivity contribution is -0.138. The number of piperazine rings is 1. The highest BCUT2D eigenvalue weighted by atomic mass is 35.5. The number of piperidine rings is 1. The summed E-state index contributed by atoms with van der Waals surface area (Å²) >= 11 is 0. The first-order chi connectivity index (χ1) is 11.4. The summed E-state index contributed by atoms with van der Waals surface area (Å²) in [4.78, 5) is 17.3. The van der Waals surface area contributed by atoms with Gasteiger partial charge in [0.25, 0.3) is 0 Å². The predicted molar refractivity (Wildman–Crippen MR) is 108 cm³/mol. The Morgan fingerprint density at radius 1 is 1.23 bits per heavy atom. The van der Waals surface area contributed by atoms with E-state index in [0.717, 1.165) is 19.5 Å². The van der Waals surface area contributed by atoms with Crippen molar-refractivity contribution in [3.8, 4) is 0 Å². The number of carbonyl (C=O) groups excluding carboxylic acids is 1. The average molecular weight is 434 g/mol. The van der Waals surface area contributed by atoms with Gasteiger partial charge in [0, 0.05) is 45.6 Å². The second-order valence-corrected chi connectivity index (χ2v) is 9.18. The van der Waals surface area contributed by atoms with Gasteiger partial charge in [-0.2, -0.15) is 0 Å². The fourth-order valence-corrected chi connectivity index (χ4v) is 5.22. The molecular weight excluding hydrogens is 401 g/mol. The van der Waals surface area contributed by atoms with E-state index >= 15 is 0 Å². The van der Waals surface area contributed by atoms with Crippen molar-refractivity contribution < 1.29 is 17.9 Å². The molecule has 1 N–H and O–H groups in total. The minimum Gasteiger partial charge on any atom is -0.383 e. The van der Waals surface area contributed by atoms with Gasteiger partial charge >= 0.3 is 0 Å². The summed E-state index contributed by atoms with van der Waals surface area (Å²) < 4.78 is 28.8. The number of hydrogen-bond acceptors (Lipinski definition) is 6. The lowest BCUT2D eigenvalue weighted by Gasteiger charge is -2.45. The minimum absolute atomic E-state index is 0. The van der Waals surface area contributed by atoms with E-state index in [0.29, 0.717) is 45.6 Å². The van der Waals surface area contributed by atoms with Crippen LogP contribution in [-0.2, 0) is 19.4 Å². The fourth-order valence-electron chi connectivity index (χ4n) is 3.83. The van der Waals surface area contributed by atoms with Gasteiger partial charge in [0.05, 0.1) is 6.61 Å². The number of carbonyl (C=O) groups is 1. The number of halogens is 2. The fraction of sp³-hybridized carbons (Fsp3) is 0.938. The molecule has 0 aromatic heterocycles. The highest BCUT2D eigenvalue weighted by molar-refractivity contribution is 7.92. The van der Waals surface area contributed by atoms with E-state index in [2.05, 4.69) is 17.1 Å². The Labute approximate surface area is 169 Å². The van der Waals surface area contributed by atoms with E-state index in [1.807, 2.05) is 0 Å². The summed E-state index contributed by atoms with van der Waals surface area (Å²) in [7, 11) is -1.76. The van der Waals surface area contributed by atoms with Crippen molar-refractivity contribution in [1.29, 1.82) is 0 Å². The molecule has 0 radical (unpaired) electrons. The number of nitrogens with zero attached hydrogens (tertiary/aromatic N) is 2. The van der Waals surface area contributed by atoms with Crippen LogP contribution in [0, 0.1) is 0 Å². The molecule has 10 heteroatoms. The van der Waals surface area contributed by atoms with Crippen LogP contribution in [-0.4, -0.2) is 94.2 Å². The van der Waals surface area contributed by atoms with Gasteiger partial charge in [-0.15, -0.1) is 24.8 Å². The van der Waals surface area contributed by atoms with E-state index in [-0.39, 0.29) is 36.8 Å². The van der Waals surface area contributed by atoms with Crippen LogP contribution < -0.4 is 5.32 Å². The maximum absolute atomic E-state index is 13.2. The molecular formula is C16H33Cl2N3O4S. The van der Waals surface area contributed by atoms with Crippen LogP contribution in [0.3, 0.4) is 0 Å². The lowest BCUT2D eigenvalue weighted by atomic mass is 9.94. The molecule has 0 spiro atoms. The smallest absolute Gasteiger partial charge is 0.244 e. The van der Waals surface area contributed by atoms with Crippen molar-refractivity contribution in [3.63, 3.8) is 0 Å². The number of amides is 1. The summed E-state index contributed by atoms with van der Waals surface area (Å²) in [6.07, 6.45) is 2.87. The monoisotopic (exact) mass is 433 g/mol. The molecule has 26 heavy (non-hydrogen) atoms. The predicted octanol–water partition coefficient (Wildman–Crippen LogP) is 0.566. The molecule has 156 valence electrons. The van der Waals surface area contributed by atoms with Crippen molar-refractivity contribution in [2.45, 2.75) is 37.0 Å². The number of hydrogen-bond donors (Lipinski definition) is 1. The summed E-state index contributed by atoms with van der Waals surface area (Å²) in [5, 5.41) is 3.16. The summed E-state index contributed by atoms with van der Waals surface area (Å²) in [5.41, 5.74) is 0. The standard InChI is InChI=1S/C16H31N3O4S.2ClH/c1-4-14-13-19(10-9-18(14)11-12-23-2)15(20)16(24(3,21)22)5-7-17-8-6-16;;/h14,17H,4-13H2,1-3H3;2*1H.